The summed E-state index contributed by atoms with van der Waals surface area (Å²) in [6.45, 7) is 6.72. The summed E-state index contributed by atoms with van der Waals surface area (Å²) in [7, 11) is 3.60. The van der Waals surface area contributed by atoms with E-state index in [9.17, 15) is 22.4 Å². The molecule has 1 aromatic carbocycles. The highest BCUT2D eigenvalue weighted by Gasteiger charge is 2.38. The fourth-order valence-corrected chi connectivity index (χ4v) is 6.85. The van der Waals surface area contributed by atoms with Gasteiger partial charge in [0.05, 0.1) is 48.6 Å². The van der Waals surface area contributed by atoms with E-state index in [0.717, 1.165) is 69.7 Å². The summed E-state index contributed by atoms with van der Waals surface area (Å²) in [5, 5.41) is 0. The number of hydrogen-bond acceptors (Lipinski definition) is 9. The highest BCUT2D eigenvalue weighted by atomic mass is 19.4. The molecule has 262 valence electrons. The largest absolute Gasteiger partial charge is 0.465 e. The van der Waals surface area contributed by atoms with Crippen molar-refractivity contribution in [2.75, 3.05) is 76.4 Å². The van der Waals surface area contributed by atoms with Gasteiger partial charge in [0.1, 0.15) is 17.0 Å². The molecule has 0 unspecified atom stereocenters. The molecule has 2 aliphatic rings. The van der Waals surface area contributed by atoms with E-state index in [1.54, 1.807) is 26.3 Å². The van der Waals surface area contributed by atoms with E-state index in [0.29, 0.717) is 48.5 Å². The first-order valence-corrected chi connectivity index (χ1v) is 16.6. The smallest absolute Gasteiger partial charge is 0.416 e. The summed E-state index contributed by atoms with van der Waals surface area (Å²) in [5.74, 6) is -0.774. The first-order valence-electron chi connectivity index (χ1n) is 16.6. The number of alkyl halides is 3. The van der Waals surface area contributed by atoms with E-state index in [1.165, 1.54) is 0 Å². The Labute approximate surface area is 282 Å². The molecule has 1 N–H and O–H groups in total. The van der Waals surface area contributed by atoms with Crippen molar-refractivity contribution < 1.29 is 31.8 Å². The normalized spacial score (nSPS) is 16.8. The van der Waals surface area contributed by atoms with Crippen LogP contribution in [0.1, 0.15) is 38.2 Å². The average molecular weight is 684 g/mol. The molecule has 3 aromatic heterocycles. The van der Waals surface area contributed by atoms with Gasteiger partial charge in [-0.1, -0.05) is 6.42 Å². The number of carbonyl (C=O) groups excluding carboxylic acids is 1. The Morgan fingerprint density at radius 1 is 1.04 bits per heavy atom. The van der Waals surface area contributed by atoms with Crippen LogP contribution < -0.4 is 9.80 Å². The second-order valence-electron chi connectivity index (χ2n) is 13.0. The number of hydrogen-bond donors (Lipinski definition) is 1. The predicted molar refractivity (Wildman–Crippen MR) is 179 cm³/mol. The fourth-order valence-electron chi connectivity index (χ4n) is 6.85. The number of methoxy groups -OCH3 is 1. The number of carbonyl (C=O) groups is 1. The zero-order valence-electron chi connectivity index (χ0n) is 27.9. The molecular weight excluding hydrogens is 642 g/mol. The summed E-state index contributed by atoms with van der Waals surface area (Å²) in [6, 6.07) is 7.96. The number of anilines is 2. The lowest BCUT2D eigenvalue weighted by Gasteiger charge is -2.44. The topological polar surface area (TPSA) is 99.7 Å². The number of rotatable bonds is 11. The van der Waals surface area contributed by atoms with Gasteiger partial charge in [0.2, 0.25) is 0 Å². The predicted octanol–water partition coefficient (Wildman–Crippen LogP) is 6.17. The van der Waals surface area contributed by atoms with Crippen LogP contribution in [0.15, 0.2) is 42.6 Å². The van der Waals surface area contributed by atoms with Gasteiger partial charge in [-0.15, -0.1) is 0 Å². The van der Waals surface area contributed by atoms with Crippen LogP contribution in [-0.2, 0) is 20.4 Å². The van der Waals surface area contributed by atoms with Crippen LogP contribution in [0.4, 0.5) is 28.9 Å². The van der Waals surface area contributed by atoms with Crippen LogP contribution in [-0.4, -0.2) is 97.4 Å². The number of nitrogens with one attached hydrogen (secondary N) is 1. The third-order valence-electron chi connectivity index (χ3n) is 9.41. The molecule has 6 rings (SSSR count). The molecule has 4 aromatic rings. The molecule has 10 nitrogen and oxygen atoms in total. The van der Waals surface area contributed by atoms with Crippen molar-refractivity contribution in [3.05, 3.63) is 54.0 Å². The zero-order chi connectivity index (χ0) is 34.8. The van der Waals surface area contributed by atoms with E-state index in [1.807, 2.05) is 24.1 Å². The van der Waals surface area contributed by atoms with Gasteiger partial charge < -0.3 is 24.3 Å². The average Bonchev–Trinajstić information content (AvgIpc) is 3.35. The molecule has 4 heterocycles. The SMILES string of the molecule is CCOC(=O)CN1CCCN(c2ccc(-c3nc4nc(-c5cc(F)cc(C(F)(F)F)c5)cc(N(C)CC5(COC)CCC5)c4[nH]3)nc2)CC1. The van der Waals surface area contributed by atoms with Gasteiger partial charge in [0.15, 0.2) is 11.5 Å². The number of nitrogens with zero attached hydrogens (tertiary/aromatic N) is 6. The number of halogens is 4. The molecular formula is C35H41F4N7O3. The molecule has 0 spiro atoms. The number of imidazole rings is 1. The Bertz CT molecular complexity index is 1780. The number of aromatic amines is 1. The van der Waals surface area contributed by atoms with Gasteiger partial charge in [-0.25, -0.2) is 14.4 Å². The maximum absolute atomic E-state index is 14.5. The molecule has 0 radical (unpaired) electrons. The number of H-pyrrole nitrogens is 1. The van der Waals surface area contributed by atoms with Crippen molar-refractivity contribution in [2.45, 2.75) is 38.8 Å². The number of aromatic nitrogens is 4. The summed E-state index contributed by atoms with van der Waals surface area (Å²) in [5.41, 5.74) is 2.10. The Morgan fingerprint density at radius 2 is 1.86 bits per heavy atom. The van der Waals surface area contributed by atoms with Crippen LogP contribution in [0.25, 0.3) is 33.9 Å². The van der Waals surface area contributed by atoms with Crippen molar-refractivity contribution in [3.63, 3.8) is 0 Å². The van der Waals surface area contributed by atoms with Gasteiger partial charge in [0, 0.05) is 57.9 Å². The first-order chi connectivity index (χ1) is 23.5. The second kappa shape index (κ2) is 14.3. The maximum atomic E-state index is 14.5. The molecule has 0 amide bonds. The Hall–Kier alpha value is -4.30. The van der Waals surface area contributed by atoms with E-state index in [2.05, 4.69) is 19.8 Å². The van der Waals surface area contributed by atoms with Crippen molar-refractivity contribution >= 4 is 28.5 Å². The number of esters is 1. The van der Waals surface area contributed by atoms with Gasteiger partial charge in [-0.2, -0.15) is 13.2 Å². The third kappa shape index (κ3) is 7.80. The summed E-state index contributed by atoms with van der Waals surface area (Å²) in [4.78, 5) is 35.7. The van der Waals surface area contributed by atoms with Gasteiger partial charge in [0.25, 0.3) is 0 Å². The lowest BCUT2D eigenvalue weighted by atomic mass is 9.69. The highest BCUT2D eigenvalue weighted by Crippen LogP contribution is 2.43. The van der Waals surface area contributed by atoms with E-state index in [4.69, 9.17) is 19.4 Å². The van der Waals surface area contributed by atoms with Gasteiger partial charge >= 0.3 is 12.1 Å². The molecule has 0 bridgehead atoms. The third-order valence-corrected chi connectivity index (χ3v) is 9.41. The number of benzene rings is 1. The Kier molecular flexibility index (Phi) is 10.1. The molecule has 49 heavy (non-hydrogen) atoms. The second-order valence-corrected chi connectivity index (χ2v) is 13.0. The van der Waals surface area contributed by atoms with Crippen LogP contribution in [0, 0.1) is 11.2 Å². The lowest BCUT2D eigenvalue weighted by molar-refractivity contribution is -0.144. The highest BCUT2D eigenvalue weighted by molar-refractivity contribution is 5.91. The molecule has 1 aliphatic heterocycles. The summed E-state index contributed by atoms with van der Waals surface area (Å²) in [6.07, 6.45) is 1.04. The van der Waals surface area contributed by atoms with E-state index < -0.39 is 17.6 Å². The van der Waals surface area contributed by atoms with Crippen molar-refractivity contribution in [1.82, 2.24) is 24.8 Å². The van der Waals surface area contributed by atoms with E-state index in [-0.39, 0.29) is 34.8 Å². The molecule has 0 atom stereocenters. The zero-order valence-corrected chi connectivity index (χ0v) is 27.9. The van der Waals surface area contributed by atoms with Crippen molar-refractivity contribution in [2.24, 2.45) is 5.41 Å². The standard InChI is InChI=1S/C35H41F4N7O3/c1-4-49-30(47)20-45-11-6-12-46(14-13-45)26-7-8-27(40-19-26)32-42-31-29(44(2)21-34(22-48-3)9-5-10-34)18-28(41-33(31)43-32)23-15-24(35(37,38)39)17-25(36)16-23/h7-8,15-19H,4-6,9-14,20-22H2,1-3H3,(H,41,42,43). The lowest BCUT2D eigenvalue weighted by Crippen LogP contribution is -2.44. The van der Waals surface area contributed by atoms with Crippen LogP contribution in [0.3, 0.4) is 0 Å². The monoisotopic (exact) mass is 683 g/mol. The summed E-state index contributed by atoms with van der Waals surface area (Å²) < 4.78 is 66.0. The quantitative estimate of drug-likeness (QED) is 0.147. The van der Waals surface area contributed by atoms with Gasteiger partial charge in [-0.3, -0.25) is 14.7 Å². The minimum Gasteiger partial charge on any atom is -0.465 e. The molecule has 1 saturated carbocycles. The minimum atomic E-state index is -4.72. The van der Waals surface area contributed by atoms with Crippen LogP contribution in [0.5, 0.6) is 0 Å². The molecule has 1 aliphatic carbocycles. The Balaban J connectivity index is 1.31. The van der Waals surface area contributed by atoms with Gasteiger partial charge in [-0.05, 0) is 62.6 Å². The Morgan fingerprint density at radius 3 is 2.53 bits per heavy atom. The van der Waals surface area contributed by atoms with E-state index >= 15 is 0 Å². The van der Waals surface area contributed by atoms with Crippen LogP contribution >= 0.6 is 0 Å². The maximum Gasteiger partial charge on any atom is 0.416 e. The molecule has 2 fully saturated rings. The number of pyridine rings is 2. The van der Waals surface area contributed by atoms with Crippen molar-refractivity contribution in [3.8, 4) is 22.8 Å². The number of fused-ring (bicyclic) bond motifs is 1. The molecule has 14 heteroatoms. The fraction of sp³-hybridized carbons (Fsp3) is 0.486. The minimum absolute atomic E-state index is 0.00410. The first kappa shape index (κ1) is 34.6. The summed E-state index contributed by atoms with van der Waals surface area (Å²) >= 11 is 0. The number of ether oxygens (including phenoxy) is 2. The molecule has 1 saturated heterocycles. The van der Waals surface area contributed by atoms with Crippen molar-refractivity contribution in [1.29, 1.82) is 0 Å². The van der Waals surface area contributed by atoms with Crippen LogP contribution in [0.2, 0.25) is 0 Å².